The monoisotopic (exact) mass is 495 g/mol. The van der Waals surface area contributed by atoms with Gasteiger partial charge in [-0.3, -0.25) is 10.2 Å². The van der Waals surface area contributed by atoms with Crippen LogP contribution in [-0.2, 0) is 13.6 Å². The van der Waals surface area contributed by atoms with Crippen molar-refractivity contribution in [2.24, 2.45) is 7.05 Å². The average Bonchev–Trinajstić information content (AvgIpc) is 3.47. The summed E-state index contributed by atoms with van der Waals surface area (Å²) in [7, 11) is 2.00. The van der Waals surface area contributed by atoms with Crippen LogP contribution in [0.4, 0.5) is 17.7 Å². The molecule has 2 aromatic carbocycles. The molecule has 9 nitrogen and oxygen atoms in total. The first kappa shape index (κ1) is 23.4. The number of nitrogens with one attached hydrogen (secondary N) is 2. The number of likely N-dealkylation sites (tertiary alicyclic amines) is 1. The van der Waals surface area contributed by atoms with Gasteiger partial charge >= 0.3 is 0 Å². The van der Waals surface area contributed by atoms with Crippen molar-refractivity contribution < 1.29 is 0 Å². The average molecular weight is 496 g/mol. The molecular weight excluding hydrogens is 462 g/mol. The Morgan fingerprint density at radius 1 is 0.946 bits per heavy atom. The summed E-state index contributed by atoms with van der Waals surface area (Å²) in [6.07, 6.45) is 3.96. The number of benzene rings is 2. The maximum Gasteiger partial charge on any atom is 0.233 e. The van der Waals surface area contributed by atoms with Crippen LogP contribution >= 0.6 is 0 Å². The largest absolute Gasteiger partial charge is 0.365 e. The van der Waals surface area contributed by atoms with Gasteiger partial charge in [-0.1, -0.05) is 42.5 Å². The van der Waals surface area contributed by atoms with Gasteiger partial charge in [0.2, 0.25) is 11.9 Å². The molecule has 1 saturated heterocycles. The zero-order chi connectivity index (χ0) is 25.4. The summed E-state index contributed by atoms with van der Waals surface area (Å²) >= 11 is 0. The molecule has 9 heteroatoms. The second kappa shape index (κ2) is 9.82. The predicted octanol–water partition coefficient (Wildman–Crippen LogP) is 5.11. The summed E-state index contributed by atoms with van der Waals surface area (Å²) in [5.74, 6) is 1.99. The van der Waals surface area contributed by atoms with E-state index < -0.39 is 0 Å². The van der Waals surface area contributed by atoms with Crippen molar-refractivity contribution in [2.75, 3.05) is 23.7 Å². The van der Waals surface area contributed by atoms with Gasteiger partial charge in [0.05, 0.1) is 17.4 Å². The van der Waals surface area contributed by atoms with Crippen molar-refractivity contribution in [1.29, 1.82) is 0 Å². The van der Waals surface area contributed by atoms with E-state index in [1.165, 1.54) is 5.56 Å². The molecule has 4 heterocycles. The molecule has 6 rings (SSSR count). The van der Waals surface area contributed by atoms with E-state index in [4.69, 9.17) is 19.9 Å². The third-order valence-corrected chi connectivity index (χ3v) is 7.17. The Labute approximate surface area is 216 Å². The molecule has 0 unspecified atom stereocenters. The Kier molecular flexibility index (Phi) is 6.21. The Bertz CT molecular complexity index is 1510. The predicted molar refractivity (Wildman–Crippen MR) is 148 cm³/mol. The zero-order valence-corrected chi connectivity index (χ0v) is 21.6. The van der Waals surface area contributed by atoms with Gasteiger partial charge in [0.15, 0.2) is 17.0 Å². The molecule has 0 radical (unpaired) electrons. The highest BCUT2D eigenvalue weighted by Gasteiger charge is 2.23. The van der Waals surface area contributed by atoms with Crippen molar-refractivity contribution in [3.63, 3.8) is 0 Å². The van der Waals surface area contributed by atoms with Gasteiger partial charge in [0, 0.05) is 38.8 Å². The number of para-hydroxylation sites is 2. The van der Waals surface area contributed by atoms with Crippen molar-refractivity contribution in [3.8, 4) is 0 Å². The number of imidazole rings is 2. The lowest BCUT2D eigenvalue weighted by Gasteiger charge is -2.32. The van der Waals surface area contributed by atoms with Crippen LogP contribution in [0, 0.1) is 0 Å². The van der Waals surface area contributed by atoms with Crippen LogP contribution in [0.1, 0.15) is 38.3 Å². The van der Waals surface area contributed by atoms with Crippen LogP contribution < -0.4 is 10.6 Å². The quantitative estimate of drug-likeness (QED) is 0.324. The lowest BCUT2D eigenvalue weighted by Crippen LogP contribution is -2.38. The molecule has 0 bridgehead atoms. The number of nitrogens with zero attached hydrogens (tertiary/aromatic N) is 7. The zero-order valence-electron chi connectivity index (χ0n) is 21.6. The molecule has 0 saturated carbocycles. The Hall–Kier alpha value is -3.98. The lowest BCUT2D eigenvalue weighted by molar-refractivity contribution is 0.211. The van der Waals surface area contributed by atoms with Gasteiger partial charge in [0.25, 0.3) is 0 Å². The first-order chi connectivity index (χ1) is 18.0. The number of fused-ring (bicyclic) bond motifs is 2. The number of aryl methyl sites for hydroxylation is 1. The van der Waals surface area contributed by atoms with E-state index in [9.17, 15) is 0 Å². The number of anilines is 3. The van der Waals surface area contributed by atoms with Crippen LogP contribution in [0.15, 0.2) is 60.9 Å². The molecule has 190 valence electrons. The first-order valence-electron chi connectivity index (χ1n) is 13.0. The fraction of sp³-hybridized carbons (Fsp3) is 0.357. The van der Waals surface area contributed by atoms with Crippen molar-refractivity contribution in [2.45, 2.75) is 45.3 Å². The van der Waals surface area contributed by atoms with Gasteiger partial charge in [-0.05, 0) is 44.4 Å². The summed E-state index contributed by atoms with van der Waals surface area (Å²) in [5.41, 5.74) is 4.97. The van der Waals surface area contributed by atoms with E-state index in [1.54, 1.807) is 0 Å². The minimum Gasteiger partial charge on any atom is -0.365 e. The Balaban J connectivity index is 1.25. The van der Waals surface area contributed by atoms with Crippen molar-refractivity contribution >= 4 is 39.9 Å². The maximum absolute atomic E-state index is 4.88. The molecule has 0 atom stereocenters. The second-order valence-electron chi connectivity index (χ2n) is 10.1. The fourth-order valence-corrected chi connectivity index (χ4v) is 5.08. The molecule has 1 fully saturated rings. The number of hydrogen-bond acceptors (Lipinski definition) is 7. The van der Waals surface area contributed by atoms with Gasteiger partial charge in [-0.25, -0.2) is 9.97 Å². The van der Waals surface area contributed by atoms with E-state index in [0.29, 0.717) is 17.9 Å². The van der Waals surface area contributed by atoms with Gasteiger partial charge < -0.3 is 14.5 Å². The molecule has 2 N–H and O–H groups in total. The molecule has 1 aliphatic rings. The smallest absolute Gasteiger partial charge is 0.233 e. The molecule has 1 aliphatic heterocycles. The molecule has 0 spiro atoms. The normalized spacial score (nSPS) is 15.1. The summed E-state index contributed by atoms with van der Waals surface area (Å²) in [5, 5.41) is 7.07. The Morgan fingerprint density at radius 2 is 1.70 bits per heavy atom. The maximum atomic E-state index is 4.88. The second-order valence-corrected chi connectivity index (χ2v) is 10.1. The first-order valence-corrected chi connectivity index (χ1v) is 13.0. The highest BCUT2D eigenvalue weighted by molar-refractivity contribution is 5.85. The molecular formula is C28H33N9. The molecule has 0 aliphatic carbocycles. The van der Waals surface area contributed by atoms with E-state index in [0.717, 1.165) is 60.5 Å². The lowest BCUT2D eigenvalue weighted by atomic mass is 10.0. The summed E-state index contributed by atoms with van der Waals surface area (Å²) < 4.78 is 4.11. The minimum atomic E-state index is 0.234. The van der Waals surface area contributed by atoms with Crippen molar-refractivity contribution in [3.05, 3.63) is 66.5 Å². The van der Waals surface area contributed by atoms with Crippen LogP contribution in [0.5, 0.6) is 0 Å². The number of rotatable bonds is 7. The Morgan fingerprint density at radius 3 is 2.46 bits per heavy atom. The number of aromatic nitrogens is 6. The van der Waals surface area contributed by atoms with Gasteiger partial charge in [-0.2, -0.15) is 9.97 Å². The molecule has 0 amide bonds. The fourth-order valence-electron chi connectivity index (χ4n) is 5.08. The van der Waals surface area contributed by atoms with Crippen LogP contribution in [0.3, 0.4) is 0 Å². The molecule has 37 heavy (non-hydrogen) atoms. The van der Waals surface area contributed by atoms with Gasteiger partial charge in [0.1, 0.15) is 0 Å². The minimum absolute atomic E-state index is 0.234. The standard InChI is InChI=1S/C28H33N9/c1-19(2)37-18-29-24-25(30-21-13-15-36(16-14-21)17-20-9-5-4-6-10-20)32-27(33-26(24)37)34-28-31-22-11-7-8-12-23(22)35(28)3/h4-12,18-19,21H,13-17H2,1-3H3,(H2,30,31,32,33,34). The highest BCUT2D eigenvalue weighted by Crippen LogP contribution is 2.27. The van der Waals surface area contributed by atoms with E-state index in [2.05, 4.69) is 70.3 Å². The summed E-state index contributed by atoms with van der Waals surface area (Å²) in [6.45, 7) is 7.36. The van der Waals surface area contributed by atoms with Gasteiger partial charge in [-0.15, -0.1) is 0 Å². The highest BCUT2D eigenvalue weighted by atomic mass is 15.3. The number of piperidine rings is 1. The van der Waals surface area contributed by atoms with Crippen LogP contribution in [0.25, 0.3) is 22.2 Å². The van der Waals surface area contributed by atoms with Crippen LogP contribution in [0.2, 0.25) is 0 Å². The van der Waals surface area contributed by atoms with E-state index >= 15 is 0 Å². The third-order valence-electron chi connectivity index (χ3n) is 7.17. The third kappa shape index (κ3) is 4.74. The molecule has 5 aromatic rings. The number of hydrogen-bond donors (Lipinski definition) is 2. The van der Waals surface area contributed by atoms with E-state index in [1.807, 2.05) is 36.1 Å². The van der Waals surface area contributed by atoms with E-state index in [-0.39, 0.29) is 6.04 Å². The van der Waals surface area contributed by atoms with Crippen LogP contribution in [-0.4, -0.2) is 53.1 Å². The SMILES string of the molecule is CC(C)n1cnc2c(NC3CCN(Cc4ccccc4)CC3)nc(Nc3nc4ccccc4n3C)nc21. The topological polar surface area (TPSA) is 88.7 Å². The van der Waals surface area contributed by atoms with Crippen molar-refractivity contribution in [1.82, 2.24) is 34.0 Å². The summed E-state index contributed by atoms with van der Waals surface area (Å²) in [4.78, 5) is 21.7. The summed E-state index contributed by atoms with van der Waals surface area (Å²) in [6, 6.07) is 19.3. The molecule has 3 aromatic heterocycles.